The average Bonchev–Trinajstić information content (AvgIpc) is 2.28. The number of hydrogen-bond acceptors (Lipinski definition) is 3. The highest BCUT2D eigenvalue weighted by molar-refractivity contribution is 6.48. The van der Waals surface area contributed by atoms with Gasteiger partial charge in [0, 0.05) is 6.61 Å². The molecule has 1 aliphatic heterocycles. The second-order valence-corrected chi connectivity index (χ2v) is 9.47. The monoisotopic (exact) mass is 301 g/mol. The van der Waals surface area contributed by atoms with Gasteiger partial charge in [-0.3, -0.25) is 9.59 Å². The predicted octanol–water partition coefficient (Wildman–Crippen LogP) is 1.48. The van der Waals surface area contributed by atoms with Gasteiger partial charge >= 0.3 is 5.97 Å². The van der Waals surface area contributed by atoms with Gasteiger partial charge in [0.25, 0.3) is 0 Å². The Morgan fingerprint density at radius 1 is 1.45 bits per heavy atom. The van der Waals surface area contributed by atoms with Crippen molar-refractivity contribution in [2.24, 2.45) is 23.2 Å². The van der Waals surface area contributed by atoms with Gasteiger partial charge < -0.3 is 14.8 Å². The van der Waals surface area contributed by atoms with E-state index < -0.39 is 20.9 Å². The minimum absolute atomic E-state index is 0.0398. The van der Waals surface area contributed by atoms with Crippen LogP contribution in [0, 0.1) is 23.2 Å². The van der Waals surface area contributed by atoms with E-state index in [4.69, 9.17) is 9.53 Å². The van der Waals surface area contributed by atoms with Gasteiger partial charge in [0.05, 0.1) is 17.9 Å². The highest BCUT2D eigenvalue weighted by Gasteiger charge is 2.51. The number of β-lactam (4-membered cyclic amide) rings is 1. The Kier molecular flexibility index (Phi) is 5.37. The van der Waals surface area contributed by atoms with Gasteiger partial charge in [-0.1, -0.05) is 20.8 Å². The third kappa shape index (κ3) is 3.82. The number of carbonyl (C=O) groups is 2. The van der Waals surface area contributed by atoms with Crippen molar-refractivity contribution in [3.8, 4) is 0 Å². The van der Waals surface area contributed by atoms with Gasteiger partial charge in [0.15, 0.2) is 9.04 Å². The van der Waals surface area contributed by atoms with Crippen LogP contribution in [-0.2, 0) is 14.0 Å². The number of hydrogen-bond donors (Lipinski definition) is 2. The molecule has 1 aliphatic rings. The Morgan fingerprint density at radius 3 is 2.35 bits per heavy atom. The summed E-state index contributed by atoms with van der Waals surface area (Å²) in [4.78, 5) is 23.1. The molecule has 6 heteroatoms. The molecule has 2 N–H and O–H groups in total. The topological polar surface area (TPSA) is 75.6 Å². The van der Waals surface area contributed by atoms with Gasteiger partial charge in [0.2, 0.25) is 5.91 Å². The molecule has 0 aromatic heterocycles. The Balaban J connectivity index is 2.88. The molecule has 1 rings (SSSR count). The van der Waals surface area contributed by atoms with E-state index in [1.165, 1.54) is 0 Å². The summed E-state index contributed by atoms with van der Waals surface area (Å²) in [5.41, 5.74) is -0.0950. The van der Waals surface area contributed by atoms with Gasteiger partial charge in [-0.15, -0.1) is 0 Å². The molecule has 0 bridgehead atoms. The standard InChI is InChI=1S/C14H27NO4Si/c1-8(13(17)18)11-10(12(16)15-11)9(14(2,3)4)7-19-20(5)6/h8-11,20H,7H2,1-6H3,(H,15,16)(H,17,18). The molecule has 4 atom stereocenters. The number of rotatable bonds is 6. The van der Waals surface area contributed by atoms with Crippen molar-refractivity contribution in [1.29, 1.82) is 0 Å². The molecule has 4 unspecified atom stereocenters. The van der Waals surface area contributed by atoms with Crippen LogP contribution in [0.4, 0.5) is 0 Å². The van der Waals surface area contributed by atoms with Crippen LogP contribution in [0.5, 0.6) is 0 Å². The third-order valence-corrected chi connectivity index (χ3v) is 4.94. The van der Waals surface area contributed by atoms with Gasteiger partial charge in [0.1, 0.15) is 0 Å². The van der Waals surface area contributed by atoms with Gasteiger partial charge in [-0.2, -0.15) is 0 Å². The highest BCUT2D eigenvalue weighted by Crippen LogP contribution is 2.40. The van der Waals surface area contributed by atoms with Crippen molar-refractivity contribution in [3.63, 3.8) is 0 Å². The molecule has 0 radical (unpaired) electrons. The van der Waals surface area contributed by atoms with Crippen molar-refractivity contribution in [2.75, 3.05) is 6.61 Å². The van der Waals surface area contributed by atoms with Gasteiger partial charge in [-0.05, 0) is 31.4 Å². The van der Waals surface area contributed by atoms with E-state index in [0.29, 0.717) is 6.61 Å². The SMILES string of the molecule is CC(C(=O)O)C1NC(=O)C1C(CO[SiH](C)C)C(C)(C)C. The van der Waals surface area contributed by atoms with E-state index in [-0.39, 0.29) is 29.2 Å². The molecule has 1 saturated heterocycles. The first-order valence-corrected chi connectivity index (χ1v) is 9.98. The zero-order valence-corrected chi connectivity index (χ0v) is 14.4. The van der Waals surface area contributed by atoms with E-state index >= 15 is 0 Å². The zero-order chi connectivity index (χ0) is 15.7. The van der Waals surface area contributed by atoms with Crippen LogP contribution in [0.1, 0.15) is 27.7 Å². The lowest BCUT2D eigenvalue weighted by Gasteiger charge is -2.47. The molecule has 1 fully saturated rings. The Morgan fingerprint density at radius 2 is 2.00 bits per heavy atom. The number of carboxylic acid groups (broad SMARTS) is 1. The van der Waals surface area contributed by atoms with Crippen LogP contribution in [0.15, 0.2) is 0 Å². The lowest BCUT2D eigenvalue weighted by molar-refractivity contribution is -0.152. The van der Waals surface area contributed by atoms with Crippen LogP contribution in [0.3, 0.4) is 0 Å². The van der Waals surface area contributed by atoms with Crippen molar-refractivity contribution < 1.29 is 19.1 Å². The highest BCUT2D eigenvalue weighted by atomic mass is 28.3. The smallest absolute Gasteiger partial charge is 0.308 e. The largest absolute Gasteiger partial charge is 0.481 e. The zero-order valence-electron chi connectivity index (χ0n) is 13.3. The van der Waals surface area contributed by atoms with E-state index in [0.717, 1.165) is 0 Å². The van der Waals surface area contributed by atoms with Crippen LogP contribution in [-0.4, -0.2) is 38.7 Å². The number of aliphatic carboxylic acids is 1. The Labute approximate surface area is 122 Å². The fourth-order valence-corrected chi connectivity index (χ4v) is 3.22. The molecule has 5 nitrogen and oxygen atoms in total. The first kappa shape index (κ1) is 17.2. The molecule has 1 amide bonds. The summed E-state index contributed by atoms with van der Waals surface area (Å²) >= 11 is 0. The second kappa shape index (κ2) is 6.26. The van der Waals surface area contributed by atoms with Crippen molar-refractivity contribution in [1.82, 2.24) is 5.32 Å². The molecule has 0 aromatic carbocycles. The molecule has 116 valence electrons. The lowest BCUT2D eigenvalue weighted by Crippen LogP contribution is -2.66. The van der Waals surface area contributed by atoms with Crippen LogP contribution < -0.4 is 5.32 Å². The summed E-state index contributed by atoms with van der Waals surface area (Å²) in [5.74, 6) is -1.71. The summed E-state index contributed by atoms with van der Waals surface area (Å²) in [6.45, 7) is 12.6. The molecule has 0 spiro atoms. The minimum atomic E-state index is -1.16. The minimum Gasteiger partial charge on any atom is -0.481 e. The first-order valence-electron chi connectivity index (χ1n) is 7.20. The average molecular weight is 301 g/mol. The van der Waals surface area contributed by atoms with E-state index in [9.17, 15) is 9.59 Å². The molecule has 20 heavy (non-hydrogen) atoms. The summed E-state index contributed by atoms with van der Waals surface area (Å²) in [6, 6.07) is -0.290. The third-order valence-electron chi connectivity index (χ3n) is 4.08. The van der Waals surface area contributed by atoms with Crippen LogP contribution >= 0.6 is 0 Å². The normalized spacial score (nSPS) is 25.9. The predicted molar refractivity (Wildman–Crippen MR) is 80.0 cm³/mol. The maximum atomic E-state index is 12.0. The Hall–Kier alpha value is -0.883. The number of carbonyl (C=O) groups excluding carboxylic acids is 1. The van der Waals surface area contributed by atoms with Gasteiger partial charge in [-0.25, -0.2) is 0 Å². The van der Waals surface area contributed by atoms with E-state index in [1.54, 1.807) is 6.92 Å². The summed E-state index contributed by atoms with van der Waals surface area (Å²) in [7, 11) is -1.16. The summed E-state index contributed by atoms with van der Waals surface area (Å²) in [6.07, 6.45) is 0. The van der Waals surface area contributed by atoms with E-state index in [1.807, 2.05) is 0 Å². The molecule has 1 heterocycles. The quantitative estimate of drug-likeness (QED) is 0.575. The fourth-order valence-electron chi connectivity index (χ4n) is 2.63. The number of nitrogens with one attached hydrogen (secondary N) is 1. The molecular formula is C14H27NO4Si. The Bertz CT molecular complexity index is 378. The number of amides is 1. The van der Waals surface area contributed by atoms with E-state index in [2.05, 4.69) is 39.2 Å². The summed E-state index contributed by atoms with van der Waals surface area (Å²) < 4.78 is 5.84. The number of carboxylic acids is 1. The molecule has 0 saturated carbocycles. The molecular weight excluding hydrogens is 274 g/mol. The van der Waals surface area contributed by atoms with Crippen molar-refractivity contribution in [3.05, 3.63) is 0 Å². The van der Waals surface area contributed by atoms with Crippen molar-refractivity contribution >= 4 is 20.9 Å². The van der Waals surface area contributed by atoms with Crippen LogP contribution in [0.2, 0.25) is 13.1 Å². The van der Waals surface area contributed by atoms with Crippen molar-refractivity contribution in [2.45, 2.75) is 46.8 Å². The second-order valence-electron chi connectivity index (χ2n) is 7.04. The fraction of sp³-hybridized carbons (Fsp3) is 0.857. The molecule has 0 aliphatic carbocycles. The first-order chi connectivity index (χ1) is 9.05. The van der Waals surface area contributed by atoms with Crippen LogP contribution in [0.25, 0.3) is 0 Å². The molecule has 0 aromatic rings. The lowest BCUT2D eigenvalue weighted by atomic mass is 9.65. The maximum Gasteiger partial charge on any atom is 0.308 e. The summed E-state index contributed by atoms with van der Waals surface area (Å²) in [5, 5.41) is 11.9. The maximum absolute atomic E-state index is 12.0.